The predicted octanol–water partition coefficient (Wildman–Crippen LogP) is 2.22. The van der Waals surface area contributed by atoms with E-state index in [9.17, 15) is 0 Å². The molecular weight excluding hydrogens is 224 g/mol. The molecule has 0 aliphatic carbocycles. The first-order valence-corrected chi connectivity index (χ1v) is 7.36. The van der Waals surface area contributed by atoms with E-state index in [2.05, 4.69) is 32.0 Å². The molecule has 88 valence electrons. The largest absolute Gasteiger partial charge is 0.330 e. The van der Waals surface area contributed by atoms with Crippen molar-refractivity contribution in [3.63, 3.8) is 0 Å². The SMILES string of the molecule is CN(C)CC1(C)C=C(SCCCN)SC1. The smallest absolute Gasteiger partial charge is 0.0367 e. The van der Waals surface area contributed by atoms with Crippen LogP contribution in [-0.2, 0) is 0 Å². The standard InChI is InChI=1S/C11H22N2S2/c1-11(8-13(2)3)7-10(15-9-11)14-6-4-5-12/h7H,4-6,8-9,12H2,1-3H3. The van der Waals surface area contributed by atoms with Gasteiger partial charge in [0.2, 0.25) is 0 Å². The summed E-state index contributed by atoms with van der Waals surface area (Å²) in [5, 5.41) is 0. The van der Waals surface area contributed by atoms with Gasteiger partial charge in [-0.15, -0.1) is 23.5 Å². The van der Waals surface area contributed by atoms with Crippen molar-refractivity contribution >= 4 is 23.5 Å². The lowest BCUT2D eigenvalue weighted by molar-refractivity contribution is 0.300. The molecule has 1 heterocycles. The number of rotatable bonds is 6. The van der Waals surface area contributed by atoms with Crippen LogP contribution >= 0.6 is 23.5 Å². The molecule has 0 aromatic heterocycles. The minimum Gasteiger partial charge on any atom is -0.330 e. The second-order valence-electron chi connectivity index (χ2n) is 4.63. The first kappa shape index (κ1) is 13.4. The molecule has 0 amide bonds. The van der Waals surface area contributed by atoms with Gasteiger partial charge in [0, 0.05) is 21.9 Å². The van der Waals surface area contributed by atoms with Gasteiger partial charge in [0.05, 0.1) is 0 Å². The molecule has 15 heavy (non-hydrogen) atoms. The van der Waals surface area contributed by atoms with Gasteiger partial charge < -0.3 is 10.6 Å². The van der Waals surface area contributed by atoms with Gasteiger partial charge in [0.15, 0.2) is 0 Å². The van der Waals surface area contributed by atoms with Gasteiger partial charge in [-0.3, -0.25) is 0 Å². The Morgan fingerprint density at radius 2 is 2.33 bits per heavy atom. The summed E-state index contributed by atoms with van der Waals surface area (Å²) in [5.41, 5.74) is 5.85. The summed E-state index contributed by atoms with van der Waals surface area (Å²) >= 11 is 3.96. The highest BCUT2D eigenvalue weighted by molar-refractivity contribution is 8.22. The van der Waals surface area contributed by atoms with Crippen LogP contribution in [0.5, 0.6) is 0 Å². The van der Waals surface area contributed by atoms with E-state index >= 15 is 0 Å². The topological polar surface area (TPSA) is 29.3 Å². The van der Waals surface area contributed by atoms with Gasteiger partial charge >= 0.3 is 0 Å². The third-order valence-electron chi connectivity index (χ3n) is 2.28. The Labute approximate surface area is 102 Å². The molecule has 1 rings (SSSR count). The van der Waals surface area contributed by atoms with Crippen LogP contribution in [0.25, 0.3) is 0 Å². The Kier molecular flexibility index (Phi) is 5.53. The van der Waals surface area contributed by atoms with Crippen LogP contribution in [0.2, 0.25) is 0 Å². The van der Waals surface area contributed by atoms with Gasteiger partial charge in [-0.1, -0.05) is 13.0 Å². The first-order chi connectivity index (χ1) is 7.06. The molecule has 0 spiro atoms. The Morgan fingerprint density at radius 1 is 1.60 bits per heavy atom. The average Bonchev–Trinajstić information content (AvgIpc) is 2.46. The average molecular weight is 246 g/mol. The summed E-state index contributed by atoms with van der Waals surface area (Å²) in [6.07, 6.45) is 3.56. The van der Waals surface area contributed by atoms with Crippen LogP contribution in [-0.4, -0.2) is 43.6 Å². The molecule has 0 aromatic carbocycles. The van der Waals surface area contributed by atoms with Crippen LogP contribution in [0.3, 0.4) is 0 Å². The summed E-state index contributed by atoms with van der Waals surface area (Å²) in [6.45, 7) is 4.29. The van der Waals surface area contributed by atoms with Crippen LogP contribution in [0.1, 0.15) is 13.3 Å². The molecule has 1 aliphatic heterocycles. The van der Waals surface area contributed by atoms with Gasteiger partial charge in [-0.2, -0.15) is 0 Å². The minimum atomic E-state index is 0.360. The zero-order chi connectivity index (χ0) is 11.3. The molecule has 4 heteroatoms. The maximum atomic E-state index is 5.49. The van der Waals surface area contributed by atoms with Gasteiger partial charge in [0.1, 0.15) is 0 Å². The summed E-state index contributed by atoms with van der Waals surface area (Å²) in [4.78, 5) is 2.27. The second-order valence-corrected chi connectivity index (χ2v) is 7.05. The van der Waals surface area contributed by atoms with Crippen molar-refractivity contribution in [2.75, 3.05) is 38.7 Å². The van der Waals surface area contributed by atoms with Crippen molar-refractivity contribution in [1.29, 1.82) is 0 Å². The summed E-state index contributed by atoms with van der Waals surface area (Å²) in [5.74, 6) is 2.38. The van der Waals surface area contributed by atoms with Gasteiger partial charge in [0.25, 0.3) is 0 Å². The first-order valence-electron chi connectivity index (χ1n) is 5.39. The Balaban J connectivity index is 2.38. The zero-order valence-corrected chi connectivity index (χ0v) is 11.6. The Morgan fingerprint density at radius 3 is 2.93 bits per heavy atom. The van der Waals surface area contributed by atoms with E-state index in [0.717, 1.165) is 25.3 Å². The maximum Gasteiger partial charge on any atom is 0.0367 e. The van der Waals surface area contributed by atoms with Crippen molar-refractivity contribution in [2.45, 2.75) is 13.3 Å². The molecule has 0 bridgehead atoms. The number of thioether (sulfide) groups is 2. The highest BCUT2D eigenvalue weighted by atomic mass is 32.2. The molecule has 1 unspecified atom stereocenters. The fourth-order valence-corrected chi connectivity index (χ4v) is 4.41. The zero-order valence-electron chi connectivity index (χ0n) is 9.95. The van der Waals surface area contributed by atoms with E-state index < -0.39 is 0 Å². The monoisotopic (exact) mass is 246 g/mol. The highest BCUT2D eigenvalue weighted by Gasteiger charge is 2.29. The molecule has 0 aromatic rings. The summed E-state index contributed by atoms with van der Waals surface area (Å²) in [7, 11) is 4.28. The lowest BCUT2D eigenvalue weighted by Gasteiger charge is -2.24. The third-order valence-corrected chi connectivity index (χ3v) is 5.09. The molecule has 0 fully saturated rings. The van der Waals surface area contributed by atoms with Crippen LogP contribution < -0.4 is 5.73 Å². The van der Waals surface area contributed by atoms with Crippen molar-refractivity contribution < 1.29 is 0 Å². The van der Waals surface area contributed by atoms with E-state index in [1.165, 1.54) is 9.99 Å². The minimum absolute atomic E-state index is 0.360. The van der Waals surface area contributed by atoms with Crippen LogP contribution in [0.15, 0.2) is 10.3 Å². The number of nitrogens with zero attached hydrogens (tertiary/aromatic N) is 1. The molecule has 2 N–H and O–H groups in total. The summed E-state index contributed by atoms with van der Waals surface area (Å²) in [6, 6.07) is 0. The van der Waals surface area contributed by atoms with Crippen molar-refractivity contribution in [1.82, 2.24) is 4.90 Å². The Hall–Kier alpha value is 0.360. The van der Waals surface area contributed by atoms with Gasteiger partial charge in [-0.25, -0.2) is 0 Å². The van der Waals surface area contributed by atoms with Crippen molar-refractivity contribution in [3.8, 4) is 0 Å². The molecule has 1 atom stereocenters. The Bertz CT molecular complexity index is 229. The quantitative estimate of drug-likeness (QED) is 0.728. The fourth-order valence-electron chi connectivity index (χ4n) is 1.76. The van der Waals surface area contributed by atoms with E-state index in [-0.39, 0.29) is 0 Å². The normalized spacial score (nSPS) is 26.1. The van der Waals surface area contributed by atoms with Crippen LogP contribution in [0, 0.1) is 5.41 Å². The van der Waals surface area contributed by atoms with Crippen molar-refractivity contribution in [3.05, 3.63) is 10.3 Å². The molecule has 0 saturated carbocycles. The van der Waals surface area contributed by atoms with Gasteiger partial charge in [-0.05, 0) is 32.8 Å². The second kappa shape index (κ2) is 6.18. The lowest BCUT2D eigenvalue weighted by Crippen LogP contribution is -2.29. The van der Waals surface area contributed by atoms with E-state index in [1.54, 1.807) is 0 Å². The number of hydrogen-bond donors (Lipinski definition) is 1. The molecular formula is C11H22N2S2. The lowest BCUT2D eigenvalue weighted by atomic mass is 9.93. The van der Waals surface area contributed by atoms with E-state index in [1.807, 2.05) is 23.5 Å². The number of hydrogen-bond acceptors (Lipinski definition) is 4. The predicted molar refractivity (Wildman–Crippen MR) is 73.3 cm³/mol. The highest BCUT2D eigenvalue weighted by Crippen LogP contribution is 2.43. The molecule has 0 radical (unpaired) electrons. The molecule has 1 aliphatic rings. The summed E-state index contributed by atoms with van der Waals surface area (Å²) < 4.78 is 1.49. The third kappa shape index (κ3) is 4.81. The van der Waals surface area contributed by atoms with Crippen molar-refractivity contribution in [2.24, 2.45) is 11.1 Å². The van der Waals surface area contributed by atoms with E-state index in [0.29, 0.717) is 5.41 Å². The molecule has 0 saturated heterocycles. The van der Waals surface area contributed by atoms with Crippen LogP contribution in [0.4, 0.5) is 0 Å². The maximum absolute atomic E-state index is 5.49. The van der Waals surface area contributed by atoms with E-state index in [4.69, 9.17) is 5.73 Å². The molecule has 2 nitrogen and oxygen atoms in total. The number of nitrogens with two attached hydrogens (primary N) is 1. The fraction of sp³-hybridized carbons (Fsp3) is 0.818.